The molecule has 0 fully saturated rings. The van der Waals surface area contributed by atoms with Crippen LogP contribution in [0.25, 0.3) is 11.3 Å². The van der Waals surface area contributed by atoms with E-state index >= 15 is 0 Å². The minimum absolute atomic E-state index is 0.220. The van der Waals surface area contributed by atoms with Gasteiger partial charge in [-0.15, -0.1) is 11.3 Å². The van der Waals surface area contributed by atoms with Crippen LogP contribution in [0.5, 0.6) is 0 Å². The number of rotatable bonds is 1. The van der Waals surface area contributed by atoms with Crippen LogP contribution < -0.4 is 10.1 Å². The molecule has 2 heterocycles. The summed E-state index contributed by atoms with van der Waals surface area (Å²) in [7, 11) is 0. The predicted molar refractivity (Wildman–Crippen MR) is 97.0 cm³/mol. The summed E-state index contributed by atoms with van der Waals surface area (Å²) < 4.78 is 44.7. The Morgan fingerprint density at radius 1 is 1.17 bits per heavy atom. The number of aliphatic carboxylic acids is 1. The van der Waals surface area contributed by atoms with Crippen LogP contribution in [0.4, 0.5) is 17.6 Å². The maximum Gasteiger partial charge on any atom is 0.430 e. The van der Waals surface area contributed by atoms with Crippen molar-refractivity contribution in [3.05, 3.63) is 69.6 Å². The third-order valence-electron chi connectivity index (χ3n) is 3.48. The molecule has 0 atom stereocenters. The monoisotopic (exact) mass is 422 g/mol. The highest BCUT2D eigenvalue weighted by Gasteiger charge is 2.28. The van der Waals surface area contributed by atoms with E-state index in [9.17, 15) is 17.6 Å². The lowest BCUT2D eigenvalue weighted by atomic mass is 10.0. The second-order valence-corrected chi connectivity index (χ2v) is 6.80. The van der Waals surface area contributed by atoms with Crippen LogP contribution in [0.15, 0.2) is 41.9 Å². The van der Waals surface area contributed by atoms with Crippen LogP contribution in [0.2, 0.25) is 0 Å². The molecule has 1 aromatic carbocycles. The Hall–Kier alpha value is -3.25. The summed E-state index contributed by atoms with van der Waals surface area (Å²) in [5, 5.41) is 11.7. The van der Waals surface area contributed by atoms with Crippen molar-refractivity contribution in [3.63, 3.8) is 0 Å². The molecule has 0 saturated carbocycles. The molecular formula is C20H14F4N2O2S. The molecule has 3 aromatic rings. The molecule has 0 unspecified atom stereocenters. The molecule has 150 valence electrons. The SMILES string of the molecule is Cc1nc(C#Cc2ccc(-c3ccc(F)cc3C)[nH+]c2)cs1.O=C([O-])C(F)(F)F. The summed E-state index contributed by atoms with van der Waals surface area (Å²) in [6, 6.07) is 8.67. The average molecular weight is 422 g/mol. The second kappa shape index (κ2) is 9.30. The fraction of sp³-hybridized carbons (Fsp3) is 0.150. The number of halogens is 4. The van der Waals surface area contributed by atoms with Gasteiger partial charge in [0.05, 0.1) is 10.6 Å². The highest BCUT2D eigenvalue weighted by molar-refractivity contribution is 7.09. The number of hydrogen-bond acceptors (Lipinski definition) is 4. The minimum Gasteiger partial charge on any atom is -0.542 e. The topological polar surface area (TPSA) is 67.2 Å². The van der Waals surface area contributed by atoms with Gasteiger partial charge in [-0.25, -0.2) is 14.4 Å². The van der Waals surface area contributed by atoms with E-state index in [4.69, 9.17) is 9.90 Å². The summed E-state index contributed by atoms with van der Waals surface area (Å²) in [5.41, 5.74) is 4.49. The molecule has 1 N–H and O–H groups in total. The fourth-order valence-electron chi connectivity index (χ4n) is 2.16. The summed E-state index contributed by atoms with van der Waals surface area (Å²) in [5.74, 6) is 2.89. The second-order valence-electron chi connectivity index (χ2n) is 5.74. The average Bonchev–Trinajstić information content (AvgIpc) is 3.06. The first kappa shape index (κ1) is 22.0. The molecule has 0 radical (unpaired) electrons. The number of aryl methyl sites for hydroxylation is 2. The lowest BCUT2D eigenvalue weighted by Gasteiger charge is -2.03. The zero-order valence-corrected chi connectivity index (χ0v) is 16.0. The van der Waals surface area contributed by atoms with E-state index in [1.54, 1.807) is 17.4 Å². The number of thiazole rings is 1. The Balaban J connectivity index is 0.000000370. The third kappa shape index (κ3) is 6.69. The predicted octanol–water partition coefficient (Wildman–Crippen LogP) is 3.08. The van der Waals surface area contributed by atoms with Crippen molar-refractivity contribution in [2.45, 2.75) is 20.0 Å². The number of benzene rings is 1. The zero-order chi connectivity index (χ0) is 21.6. The van der Waals surface area contributed by atoms with E-state index in [0.29, 0.717) is 0 Å². The molecule has 9 heteroatoms. The molecule has 29 heavy (non-hydrogen) atoms. The Bertz CT molecular complexity index is 1060. The zero-order valence-electron chi connectivity index (χ0n) is 15.2. The molecule has 4 nitrogen and oxygen atoms in total. The lowest BCUT2D eigenvalue weighted by molar-refractivity contribution is -0.364. The number of nitrogens with one attached hydrogen (secondary N) is 1. The van der Waals surface area contributed by atoms with Gasteiger partial charge in [0.25, 0.3) is 0 Å². The van der Waals surface area contributed by atoms with Crippen molar-refractivity contribution in [1.82, 2.24) is 4.98 Å². The number of aromatic nitrogens is 2. The van der Waals surface area contributed by atoms with Crippen LogP contribution in [-0.2, 0) is 4.79 Å². The van der Waals surface area contributed by atoms with Gasteiger partial charge in [-0.1, -0.05) is 5.92 Å². The Morgan fingerprint density at radius 3 is 2.34 bits per heavy atom. The summed E-state index contributed by atoms with van der Waals surface area (Å²) in [6.07, 6.45) is -3.34. The van der Waals surface area contributed by atoms with Crippen molar-refractivity contribution < 1.29 is 32.4 Å². The number of carbonyl (C=O) groups is 1. The van der Waals surface area contributed by atoms with Crippen molar-refractivity contribution in [2.24, 2.45) is 0 Å². The third-order valence-corrected chi connectivity index (χ3v) is 4.25. The van der Waals surface area contributed by atoms with E-state index in [2.05, 4.69) is 21.8 Å². The van der Waals surface area contributed by atoms with Crippen molar-refractivity contribution >= 4 is 17.3 Å². The molecule has 0 spiro atoms. The van der Waals surface area contributed by atoms with Crippen LogP contribution in [-0.4, -0.2) is 17.1 Å². The van der Waals surface area contributed by atoms with E-state index in [1.165, 1.54) is 12.1 Å². The van der Waals surface area contributed by atoms with Gasteiger partial charge in [0.2, 0.25) is 5.69 Å². The molecule has 3 rings (SSSR count). The molecule has 0 aliphatic carbocycles. The van der Waals surface area contributed by atoms with Gasteiger partial charge in [0.15, 0.2) is 6.20 Å². The van der Waals surface area contributed by atoms with E-state index in [1.807, 2.05) is 37.6 Å². The number of carboxylic acid groups (broad SMARTS) is 1. The molecule has 0 aliphatic heterocycles. The lowest BCUT2D eigenvalue weighted by Crippen LogP contribution is -2.37. The van der Waals surface area contributed by atoms with Crippen molar-refractivity contribution in [2.75, 3.05) is 0 Å². The highest BCUT2D eigenvalue weighted by atomic mass is 32.1. The maximum absolute atomic E-state index is 13.2. The van der Waals surface area contributed by atoms with E-state index in [0.717, 1.165) is 33.1 Å². The van der Waals surface area contributed by atoms with Gasteiger partial charge >= 0.3 is 6.18 Å². The first-order chi connectivity index (χ1) is 13.6. The highest BCUT2D eigenvalue weighted by Crippen LogP contribution is 2.20. The van der Waals surface area contributed by atoms with E-state index in [-0.39, 0.29) is 5.82 Å². The number of carboxylic acids is 1. The largest absolute Gasteiger partial charge is 0.542 e. The summed E-state index contributed by atoms with van der Waals surface area (Å²) in [4.78, 5) is 16.3. The Kier molecular flexibility index (Phi) is 7.07. The molecular weight excluding hydrogens is 408 g/mol. The number of alkyl halides is 3. The molecule has 0 aliphatic rings. The summed E-state index contributed by atoms with van der Waals surface area (Å²) >= 11 is 1.59. The van der Waals surface area contributed by atoms with Gasteiger partial charge in [-0.05, 0) is 49.6 Å². The van der Waals surface area contributed by atoms with Crippen LogP contribution in [0.3, 0.4) is 0 Å². The van der Waals surface area contributed by atoms with Crippen LogP contribution >= 0.6 is 11.3 Å². The van der Waals surface area contributed by atoms with Gasteiger partial charge < -0.3 is 9.90 Å². The molecule has 0 amide bonds. The Morgan fingerprint density at radius 2 is 1.86 bits per heavy atom. The number of hydrogen-bond donors (Lipinski definition) is 0. The number of aromatic amines is 1. The normalized spacial score (nSPS) is 10.4. The van der Waals surface area contributed by atoms with Crippen molar-refractivity contribution in [3.8, 4) is 23.1 Å². The van der Waals surface area contributed by atoms with Gasteiger partial charge in [-0.3, -0.25) is 0 Å². The van der Waals surface area contributed by atoms with Crippen LogP contribution in [0.1, 0.15) is 21.8 Å². The summed E-state index contributed by atoms with van der Waals surface area (Å²) in [6.45, 7) is 3.86. The minimum atomic E-state index is -5.19. The number of pyridine rings is 1. The molecule has 0 bridgehead atoms. The number of H-pyrrole nitrogens is 1. The van der Waals surface area contributed by atoms with Gasteiger partial charge in [0.1, 0.15) is 17.5 Å². The number of carbonyl (C=O) groups excluding carboxylic acids is 1. The molecule has 0 saturated heterocycles. The molecule has 2 aromatic heterocycles. The smallest absolute Gasteiger partial charge is 0.430 e. The Labute approximate surface area is 167 Å². The van der Waals surface area contributed by atoms with Gasteiger partial charge in [-0.2, -0.15) is 13.2 Å². The van der Waals surface area contributed by atoms with E-state index < -0.39 is 12.1 Å². The van der Waals surface area contributed by atoms with Gasteiger partial charge in [0, 0.05) is 17.0 Å². The fourth-order valence-corrected chi connectivity index (χ4v) is 2.70. The van der Waals surface area contributed by atoms with Crippen molar-refractivity contribution in [1.29, 1.82) is 0 Å². The number of nitrogens with zero attached hydrogens (tertiary/aromatic N) is 1. The maximum atomic E-state index is 13.2. The first-order valence-corrected chi connectivity index (χ1v) is 8.95. The first-order valence-electron chi connectivity index (χ1n) is 8.07. The quantitative estimate of drug-likeness (QED) is 0.447. The standard InChI is InChI=1S/C18H13FN2S.C2HF3O2/c1-12-9-15(19)5-7-17(12)18-8-4-14(10-20-18)3-6-16-11-22-13(2)21-16;3-2(4,5)1(6)7/h4-5,7-11H,1-2H3;(H,6,7). The van der Waals surface area contributed by atoms with Crippen LogP contribution in [0, 0.1) is 31.5 Å².